The Morgan fingerprint density at radius 3 is 2.82 bits per heavy atom. The van der Waals surface area contributed by atoms with Gasteiger partial charge in [0.1, 0.15) is 17.3 Å². The molecule has 1 heterocycles. The van der Waals surface area contributed by atoms with Crippen LogP contribution in [0.2, 0.25) is 0 Å². The molecule has 0 spiro atoms. The first-order chi connectivity index (χ1) is 10.6. The summed E-state index contributed by atoms with van der Waals surface area (Å²) < 4.78 is 24.4. The van der Waals surface area contributed by atoms with Gasteiger partial charge in [0.05, 0.1) is 18.8 Å². The normalized spacial score (nSPS) is 22.0. The summed E-state index contributed by atoms with van der Waals surface area (Å²) >= 11 is 0. The van der Waals surface area contributed by atoms with Crippen molar-refractivity contribution >= 4 is 0 Å². The molecule has 1 fully saturated rings. The maximum Gasteiger partial charge on any atom is 0.226 e. The summed E-state index contributed by atoms with van der Waals surface area (Å²) in [5, 5.41) is 9.66. The third kappa shape index (κ3) is 3.54. The van der Waals surface area contributed by atoms with Crippen molar-refractivity contribution in [2.75, 3.05) is 0 Å². The minimum absolute atomic E-state index is 0.0779. The quantitative estimate of drug-likeness (QED) is 0.937. The zero-order valence-electron chi connectivity index (χ0n) is 12.6. The first-order valence-electron chi connectivity index (χ1n) is 7.63. The van der Waals surface area contributed by atoms with E-state index in [9.17, 15) is 9.50 Å². The van der Waals surface area contributed by atoms with Crippen LogP contribution in [-0.2, 0) is 11.3 Å². The van der Waals surface area contributed by atoms with Gasteiger partial charge in [-0.25, -0.2) is 9.37 Å². The highest BCUT2D eigenvalue weighted by atomic mass is 19.1. The summed E-state index contributed by atoms with van der Waals surface area (Å²) in [5.41, 5.74) is 1.49. The lowest BCUT2D eigenvalue weighted by Crippen LogP contribution is -2.25. The topological polar surface area (TPSA) is 55.5 Å². The van der Waals surface area contributed by atoms with Crippen LogP contribution in [0.4, 0.5) is 4.39 Å². The van der Waals surface area contributed by atoms with Gasteiger partial charge in [-0.1, -0.05) is 0 Å². The van der Waals surface area contributed by atoms with Crippen LogP contribution in [0.15, 0.2) is 28.7 Å². The SMILES string of the molecule is Cc1oc(-c2ccc(F)cc2)nc1COC1CCCC(O)C1. The van der Waals surface area contributed by atoms with Gasteiger partial charge in [-0.15, -0.1) is 0 Å². The average molecular weight is 305 g/mol. The summed E-state index contributed by atoms with van der Waals surface area (Å²) in [6, 6.07) is 6.05. The van der Waals surface area contributed by atoms with E-state index in [-0.39, 0.29) is 18.0 Å². The number of benzene rings is 1. The highest BCUT2D eigenvalue weighted by Crippen LogP contribution is 2.25. The molecule has 0 saturated heterocycles. The van der Waals surface area contributed by atoms with E-state index in [0.717, 1.165) is 30.5 Å². The Morgan fingerprint density at radius 1 is 1.32 bits per heavy atom. The fourth-order valence-corrected chi connectivity index (χ4v) is 2.75. The third-order valence-electron chi connectivity index (χ3n) is 4.04. The summed E-state index contributed by atoms with van der Waals surface area (Å²) in [6.45, 7) is 2.21. The number of hydrogen-bond donors (Lipinski definition) is 1. The van der Waals surface area contributed by atoms with E-state index in [2.05, 4.69) is 4.98 Å². The van der Waals surface area contributed by atoms with E-state index in [4.69, 9.17) is 9.15 Å². The number of aliphatic hydroxyl groups excluding tert-OH is 1. The van der Waals surface area contributed by atoms with Gasteiger partial charge >= 0.3 is 0 Å². The molecule has 5 heteroatoms. The molecule has 3 rings (SSSR count). The highest BCUT2D eigenvalue weighted by Gasteiger charge is 2.21. The summed E-state index contributed by atoms with van der Waals surface area (Å²) in [4.78, 5) is 4.44. The van der Waals surface area contributed by atoms with Gasteiger partial charge in [-0.05, 0) is 56.9 Å². The summed E-state index contributed by atoms with van der Waals surface area (Å²) in [6.07, 6.45) is 3.32. The van der Waals surface area contributed by atoms with Crippen molar-refractivity contribution in [3.63, 3.8) is 0 Å². The van der Waals surface area contributed by atoms with E-state index >= 15 is 0 Å². The molecular formula is C17H20FNO3. The minimum Gasteiger partial charge on any atom is -0.441 e. The van der Waals surface area contributed by atoms with Crippen LogP contribution in [0.3, 0.4) is 0 Å². The van der Waals surface area contributed by atoms with Crippen LogP contribution in [-0.4, -0.2) is 22.3 Å². The molecule has 0 radical (unpaired) electrons. The Kier molecular flexibility index (Phi) is 4.55. The van der Waals surface area contributed by atoms with Crippen molar-refractivity contribution in [2.24, 2.45) is 0 Å². The number of nitrogens with zero attached hydrogens (tertiary/aromatic N) is 1. The predicted molar refractivity (Wildman–Crippen MR) is 79.7 cm³/mol. The number of aliphatic hydroxyl groups is 1. The van der Waals surface area contributed by atoms with Crippen molar-refractivity contribution in [2.45, 2.75) is 51.4 Å². The van der Waals surface area contributed by atoms with Gasteiger partial charge in [0.2, 0.25) is 5.89 Å². The molecule has 1 saturated carbocycles. The lowest BCUT2D eigenvalue weighted by atomic mass is 9.95. The summed E-state index contributed by atoms with van der Waals surface area (Å²) in [7, 11) is 0. The molecule has 2 atom stereocenters. The van der Waals surface area contributed by atoms with Crippen LogP contribution < -0.4 is 0 Å². The molecule has 118 valence electrons. The van der Waals surface area contributed by atoms with E-state index in [0.29, 0.717) is 24.7 Å². The number of aryl methyl sites for hydroxylation is 1. The van der Waals surface area contributed by atoms with Gasteiger partial charge in [-0.2, -0.15) is 0 Å². The number of oxazole rings is 1. The summed E-state index contributed by atoms with van der Waals surface area (Å²) in [5.74, 6) is 0.891. The van der Waals surface area contributed by atoms with E-state index in [1.54, 1.807) is 12.1 Å². The molecule has 1 aliphatic rings. The monoisotopic (exact) mass is 305 g/mol. The molecule has 0 bridgehead atoms. The molecule has 0 amide bonds. The number of aromatic nitrogens is 1. The van der Waals surface area contributed by atoms with Crippen molar-refractivity contribution in [1.82, 2.24) is 4.98 Å². The zero-order chi connectivity index (χ0) is 15.5. The molecule has 4 nitrogen and oxygen atoms in total. The maximum absolute atomic E-state index is 13.0. The fraction of sp³-hybridized carbons (Fsp3) is 0.471. The van der Waals surface area contributed by atoms with Crippen LogP contribution in [0, 0.1) is 12.7 Å². The predicted octanol–water partition coefficient (Wildman–Crippen LogP) is 3.61. The third-order valence-corrected chi connectivity index (χ3v) is 4.04. The second kappa shape index (κ2) is 6.58. The number of ether oxygens (including phenoxy) is 1. The minimum atomic E-state index is -0.286. The molecule has 2 aromatic rings. The highest BCUT2D eigenvalue weighted by molar-refractivity contribution is 5.53. The van der Waals surface area contributed by atoms with Gasteiger partial charge < -0.3 is 14.3 Å². The Bertz CT molecular complexity index is 623. The zero-order valence-corrected chi connectivity index (χ0v) is 12.6. The largest absolute Gasteiger partial charge is 0.441 e. The van der Waals surface area contributed by atoms with Crippen molar-refractivity contribution < 1.29 is 18.7 Å². The Morgan fingerprint density at radius 2 is 2.09 bits per heavy atom. The first kappa shape index (κ1) is 15.2. The molecule has 1 N–H and O–H groups in total. The number of hydrogen-bond acceptors (Lipinski definition) is 4. The number of rotatable bonds is 4. The van der Waals surface area contributed by atoms with Crippen LogP contribution in [0.1, 0.15) is 37.1 Å². The second-order valence-electron chi connectivity index (χ2n) is 5.78. The van der Waals surface area contributed by atoms with Gasteiger partial charge in [0, 0.05) is 5.56 Å². The molecule has 1 aromatic carbocycles. The molecule has 1 aromatic heterocycles. The molecule has 2 unspecified atom stereocenters. The second-order valence-corrected chi connectivity index (χ2v) is 5.78. The van der Waals surface area contributed by atoms with Crippen LogP contribution >= 0.6 is 0 Å². The van der Waals surface area contributed by atoms with Gasteiger partial charge in [-0.3, -0.25) is 0 Å². The molecule has 22 heavy (non-hydrogen) atoms. The molecule has 0 aliphatic heterocycles. The van der Waals surface area contributed by atoms with Crippen LogP contribution in [0.25, 0.3) is 11.5 Å². The number of halogens is 1. The molecular weight excluding hydrogens is 285 g/mol. The van der Waals surface area contributed by atoms with E-state index in [1.165, 1.54) is 12.1 Å². The Hall–Kier alpha value is -1.72. The van der Waals surface area contributed by atoms with Crippen molar-refractivity contribution in [1.29, 1.82) is 0 Å². The lowest BCUT2D eigenvalue weighted by molar-refractivity contribution is -0.0240. The van der Waals surface area contributed by atoms with Crippen molar-refractivity contribution in [3.05, 3.63) is 41.5 Å². The maximum atomic E-state index is 13.0. The van der Waals surface area contributed by atoms with Gasteiger partial charge in [0.15, 0.2) is 0 Å². The van der Waals surface area contributed by atoms with Crippen molar-refractivity contribution in [3.8, 4) is 11.5 Å². The van der Waals surface area contributed by atoms with E-state index in [1.807, 2.05) is 6.92 Å². The van der Waals surface area contributed by atoms with E-state index < -0.39 is 0 Å². The lowest BCUT2D eigenvalue weighted by Gasteiger charge is -2.25. The Labute approximate surface area is 128 Å². The average Bonchev–Trinajstić information content (AvgIpc) is 2.87. The first-order valence-corrected chi connectivity index (χ1v) is 7.63. The van der Waals surface area contributed by atoms with Gasteiger partial charge in [0.25, 0.3) is 0 Å². The van der Waals surface area contributed by atoms with Crippen LogP contribution in [0.5, 0.6) is 0 Å². The molecule has 1 aliphatic carbocycles. The smallest absolute Gasteiger partial charge is 0.226 e. The standard InChI is InChI=1S/C17H20FNO3/c1-11-16(10-21-15-4-2-3-14(20)9-15)19-17(22-11)12-5-7-13(18)8-6-12/h5-8,14-15,20H,2-4,9-10H2,1H3. The fourth-order valence-electron chi connectivity index (χ4n) is 2.75. The Balaban J connectivity index is 1.66.